The summed E-state index contributed by atoms with van der Waals surface area (Å²) in [6, 6.07) is 6.78. The number of carbonyl (C=O) groups excluding carboxylic acids is 2. The molecule has 0 aliphatic heterocycles. The van der Waals surface area contributed by atoms with Gasteiger partial charge >= 0.3 is 11.8 Å². The standard InChI is InChI=1S/C14H20ClN3O2/c1-3-18(4-2)10-9-16-13(19)14(20)17-12-8-6-5-7-11(12)15/h5-8H,3-4,9-10H2,1-2H3,(H,16,19)(H,17,20). The van der Waals surface area contributed by atoms with Gasteiger partial charge in [-0.1, -0.05) is 37.6 Å². The van der Waals surface area contributed by atoms with Gasteiger partial charge in [0.25, 0.3) is 0 Å². The molecular formula is C14H20ClN3O2. The van der Waals surface area contributed by atoms with Gasteiger partial charge in [0.2, 0.25) is 0 Å². The highest BCUT2D eigenvalue weighted by molar-refractivity contribution is 6.41. The first-order valence-corrected chi connectivity index (χ1v) is 7.02. The number of hydrogen-bond donors (Lipinski definition) is 2. The molecule has 0 heterocycles. The minimum Gasteiger partial charge on any atom is -0.347 e. The summed E-state index contributed by atoms with van der Waals surface area (Å²) < 4.78 is 0. The molecule has 0 aliphatic rings. The Labute approximate surface area is 124 Å². The summed E-state index contributed by atoms with van der Waals surface area (Å²) in [7, 11) is 0. The third-order valence-corrected chi connectivity index (χ3v) is 3.27. The number of para-hydroxylation sites is 1. The number of carbonyl (C=O) groups is 2. The number of amides is 2. The Bertz CT molecular complexity index is 461. The molecule has 1 rings (SSSR count). The van der Waals surface area contributed by atoms with E-state index in [1.54, 1.807) is 24.3 Å². The molecule has 0 aliphatic carbocycles. The number of anilines is 1. The normalized spacial score (nSPS) is 10.4. The van der Waals surface area contributed by atoms with Crippen molar-refractivity contribution in [1.82, 2.24) is 10.2 Å². The van der Waals surface area contributed by atoms with Crippen molar-refractivity contribution in [3.05, 3.63) is 29.3 Å². The Morgan fingerprint density at radius 1 is 1.15 bits per heavy atom. The van der Waals surface area contributed by atoms with Crippen molar-refractivity contribution in [1.29, 1.82) is 0 Å². The fraction of sp³-hybridized carbons (Fsp3) is 0.429. The highest BCUT2D eigenvalue weighted by atomic mass is 35.5. The van der Waals surface area contributed by atoms with E-state index < -0.39 is 11.8 Å². The monoisotopic (exact) mass is 297 g/mol. The second-order valence-corrected chi connectivity index (χ2v) is 4.62. The van der Waals surface area contributed by atoms with E-state index in [-0.39, 0.29) is 0 Å². The molecule has 110 valence electrons. The second-order valence-electron chi connectivity index (χ2n) is 4.22. The molecule has 0 aromatic heterocycles. The Hall–Kier alpha value is -1.59. The minimum absolute atomic E-state index is 0.400. The van der Waals surface area contributed by atoms with Gasteiger partial charge in [-0.25, -0.2) is 0 Å². The highest BCUT2D eigenvalue weighted by Gasteiger charge is 2.14. The summed E-state index contributed by atoms with van der Waals surface area (Å²) in [5.41, 5.74) is 0.429. The van der Waals surface area contributed by atoms with Gasteiger partial charge in [0.05, 0.1) is 10.7 Å². The maximum absolute atomic E-state index is 11.7. The van der Waals surface area contributed by atoms with Crippen LogP contribution in [-0.4, -0.2) is 42.9 Å². The fourth-order valence-corrected chi connectivity index (χ4v) is 1.87. The van der Waals surface area contributed by atoms with Crippen molar-refractivity contribution in [2.24, 2.45) is 0 Å². The lowest BCUT2D eigenvalue weighted by atomic mass is 10.3. The summed E-state index contributed by atoms with van der Waals surface area (Å²) in [4.78, 5) is 25.5. The zero-order valence-electron chi connectivity index (χ0n) is 11.8. The molecule has 6 heteroatoms. The van der Waals surface area contributed by atoms with Crippen LogP contribution in [0.4, 0.5) is 5.69 Å². The number of nitrogens with one attached hydrogen (secondary N) is 2. The molecule has 0 fully saturated rings. The molecule has 0 bridgehead atoms. The van der Waals surface area contributed by atoms with Crippen LogP contribution in [-0.2, 0) is 9.59 Å². The van der Waals surface area contributed by atoms with Gasteiger partial charge in [-0.05, 0) is 25.2 Å². The molecule has 0 unspecified atom stereocenters. The van der Waals surface area contributed by atoms with E-state index in [4.69, 9.17) is 11.6 Å². The minimum atomic E-state index is -0.711. The van der Waals surface area contributed by atoms with Crippen LogP contribution in [0.2, 0.25) is 5.02 Å². The number of rotatable bonds is 6. The van der Waals surface area contributed by atoms with E-state index in [0.29, 0.717) is 17.3 Å². The zero-order valence-corrected chi connectivity index (χ0v) is 12.5. The van der Waals surface area contributed by atoms with Crippen molar-refractivity contribution >= 4 is 29.1 Å². The molecule has 5 nitrogen and oxygen atoms in total. The van der Waals surface area contributed by atoms with Gasteiger partial charge in [0, 0.05) is 13.1 Å². The van der Waals surface area contributed by atoms with Crippen molar-refractivity contribution in [2.45, 2.75) is 13.8 Å². The molecule has 0 spiro atoms. The molecule has 0 saturated carbocycles. The van der Waals surface area contributed by atoms with Crippen molar-refractivity contribution < 1.29 is 9.59 Å². The molecular weight excluding hydrogens is 278 g/mol. The zero-order chi connectivity index (χ0) is 15.0. The molecule has 0 saturated heterocycles. The Kier molecular flexibility index (Phi) is 7.04. The average Bonchev–Trinajstić information content (AvgIpc) is 2.45. The van der Waals surface area contributed by atoms with E-state index in [2.05, 4.69) is 29.4 Å². The maximum atomic E-state index is 11.7. The van der Waals surface area contributed by atoms with E-state index >= 15 is 0 Å². The summed E-state index contributed by atoms with van der Waals surface area (Å²) in [6.07, 6.45) is 0. The van der Waals surface area contributed by atoms with Crippen LogP contribution in [0.15, 0.2) is 24.3 Å². The average molecular weight is 298 g/mol. The predicted molar refractivity (Wildman–Crippen MR) is 80.9 cm³/mol. The third kappa shape index (κ3) is 5.19. The summed E-state index contributed by atoms with van der Waals surface area (Å²) in [5.74, 6) is -1.37. The lowest BCUT2D eigenvalue weighted by Crippen LogP contribution is -2.40. The van der Waals surface area contributed by atoms with Crippen LogP contribution in [0, 0.1) is 0 Å². The Morgan fingerprint density at radius 2 is 1.80 bits per heavy atom. The van der Waals surface area contributed by atoms with Crippen LogP contribution in [0.25, 0.3) is 0 Å². The fourth-order valence-electron chi connectivity index (χ4n) is 1.69. The maximum Gasteiger partial charge on any atom is 0.313 e. The number of halogens is 1. The van der Waals surface area contributed by atoms with Gasteiger partial charge in [0.1, 0.15) is 0 Å². The molecule has 0 atom stereocenters. The van der Waals surface area contributed by atoms with E-state index in [1.807, 2.05) is 0 Å². The van der Waals surface area contributed by atoms with Crippen molar-refractivity contribution in [3.8, 4) is 0 Å². The van der Waals surface area contributed by atoms with E-state index in [0.717, 1.165) is 19.6 Å². The topological polar surface area (TPSA) is 61.4 Å². The molecule has 0 radical (unpaired) electrons. The SMILES string of the molecule is CCN(CC)CCNC(=O)C(=O)Nc1ccccc1Cl. The van der Waals surface area contributed by atoms with E-state index in [9.17, 15) is 9.59 Å². The first-order valence-electron chi connectivity index (χ1n) is 6.64. The molecule has 20 heavy (non-hydrogen) atoms. The number of nitrogens with zero attached hydrogens (tertiary/aromatic N) is 1. The van der Waals surface area contributed by atoms with Gasteiger partial charge in [-0.2, -0.15) is 0 Å². The van der Waals surface area contributed by atoms with Crippen LogP contribution in [0.3, 0.4) is 0 Å². The van der Waals surface area contributed by atoms with Crippen molar-refractivity contribution in [3.63, 3.8) is 0 Å². The van der Waals surface area contributed by atoms with Gasteiger partial charge in [-0.15, -0.1) is 0 Å². The van der Waals surface area contributed by atoms with Gasteiger partial charge < -0.3 is 15.5 Å². The number of likely N-dealkylation sites (N-methyl/N-ethyl adjacent to an activating group) is 1. The second kappa shape index (κ2) is 8.55. The molecule has 1 aromatic carbocycles. The van der Waals surface area contributed by atoms with Gasteiger partial charge in [0.15, 0.2) is 0 Å². The van der Waals surface area contributed by atoms with Crippen molar-refractivity contribution in [2.75, 3.05) is 31.5 Å². The van der Waals surface area contributed by atoms with E-state index in [1.165, 1.54) is 0 Å². The van der Waals surface area contributed by atoms with Gasteiger partial charge in [-0.3, -0.25) is 9.59 Å². The van der Waals surface area contributed by atoms with Crippen LogP contribution in [0.5, 0.6) is 0 Å². The molecule has 1 aromatic rings. The number of benzene rings is 1. The summed E-state index contributed by atoms with van der Waals surface area (Å²) in [5, 5.41) is 5.46. The summed E-state index contributed by atoms with van der Waals surface area (Å²) in [6.45, 7) is 7.09. The predicted octanol–water partition coefficient (Wildman–Crippen LogP) is 1.74. The first-order chi connectivity index (χ1) is 9.58. The largest absolute Gasteiger partial charge is 0.347 e. The smallest absolute Gasteiger partial charge is 0.313 e. The lowest BCUT2D eigenvalue weighted by Gasteiger charge is -2.17. The Balaban J connectivity index is 2.40. The van der Waals surface area contributed by atoms with Crippen LogP contribution < -0.4 is 10.6 Å². The van der Waals surface area contributed by atoms with Crippen LogP contribution >= 0.6 is 11.6 Å². The quantitative estimate of drug-likeness (QED) is 0.786. The highest BCUT2D eigenvalue weighted by Crippen LogP contribution is 2.19. The first kappa shape index (κ1) is 16.5. The summed E-state index contributed by atoms with van der Waals surface area (Å²) >= 11 is 5.90. The third-order valence-electron chi connectivity index (χ3n) is 2.94. The number of hydrogen-bond acceptors (Lipinski definition) is 3. The Morgan fingerprint density at radius 3 is 2.40 bits per heavy atom. The lowest BCUT2D eigenvalue weighted by molar-refractivity contribution is -0.136. The molecule has 2 amide bonds. The molecule has 2 N–H and O–H groups in total. The van der Waals surface area contributed by atoms with Crippen LogP contribution in [0.1, 0.15) is 13.8 Å².